The summed E-state index contributed by atoms with van der Waals surface area (Å²) < 4.78 is 11.7. The Hall–Kier alpha value is -1.99. The molecule has 1 aromatic heterocycles. The fourth-order valence-electron chi connectivity index (χ4n) is 3.50. The average molecular weight is 345 g/mol. The van der Waals surface area contributed by atoms with Crippen molar-refractivity contribution in [2.75, 3.05) is 46.0 Å². The lowest BCUT2D eigenvalue weighted by Crippen LogP contribution is -2.61. The minimum Gasteiger partial charge on any atom is -0.376 e. The first kappa shape index (κ1) is 16.5. The highest BCUT2D eigenvalue weighted by atomic mass is 16.6. The normalized spacial score (nSPS) is 27.4. The van der Waals surface area contributed by atoms with Gasteiger partial charge in [-0.3, -0.25) is 14.6 Å². The minimum atomic E-state index is -0.642. The van der Waals surface area contributed by atoms with Crippen molar-refractivity contribution in [3.8, 4) is 0 Å². The van der Waals surface area contributed by atoms with Crippen LogP contribution in [0.25, 0.3) is 0 Å². The summed E-state index contributed by atoms with van der Waals surface area (Å²) in [5, 5.41) is 0. The van der Waals surface area contributed by atoms with E-state index in [0.717, 1.165) is 6.54 Å². The fourth-order valence-corrected chi connectivity index (χ4v) is 3.50. The number of ether oxygens (including phenoxy) is 2. The maximum atomic E-state index is 12.8. The van der Waals surface area contributed by atoms with Gasteiger partial charge < -0.3 is 19.3 Å². The third kappa shape index (κ3) is 3.67. The zero-order chi connectivity index (χ0) is 17.3. The van der Waals surface area contributed by atoms with Crippen LogP contribution >= 0.6 is 0 Å². The lowest BCUT2D eigenvalue weighted by Gasteiger charge is -2.43. The van der Waals surface area contributed by atoms with E-state index in [-0.39, 0.29) is 18.4 Å². The number of carbonyl (C=O) groups excluding carboxylic acids is 2. The van der Waals surface area contributed by atoms with Crippen LogP contribution in [0.3, 0.4) is 0 Å². The summed E-state index contributed by atoms with van der Waals surface area (Å²) in [5.74, 6) is 0.582. The molecule has 0 radical (unpaired) electrons. The molecule has 0 unspecified atom stereocenters. The minimum absolute atomic E-state index is 0.0342. The number of carbonyl (C=O) groups is 2. The van der Waals surface area contributed by atoms with Gasteiger partial charge in [0, 0.05) is 25.5 Å². The second kappa shape index (κ2) is 6.72. The van der Waals surface area contributed by atoms with E-state index in [2.05, 4.69) is 4.98 Å². The Balaban J connectivity index is 1.50. The number of nitrogens with zero attached hydrogens (tertiary/aromatic N) is 3. The molecule has 0 aromatic carbocycles. The van der Waals surface area contributed by atoms with Crippen LogP contribution in [0.1, 0.15) is 23.2 Å². The number of hydrogen-bond acceptors (Lipinski definition) is 5. The molecule has 7 heteroatoms. The molecule has 7 nitrogen and oxygen atoms in total. The summed E-state index contributed by atoms with van der Waals surface area (Å²) in [6.07, 6.45) is 5.61. The second-order valence-electron chi connectivity index (χ2n) is 7.21. The van der Waals surface area contributed by atoms with Crippen molar-refractivity contribution in [1.82, 2.24) is 14.8 Å². The molecule has 1 saturated carbocycles. The molecule has 0 N–H and O–H groups in total. The molecule has 25 heavy (non-hydrogen) atoms. The summed E-state index contributed by atoms with van der Waals surface area (Å²) in [5.41, 5.74) is -0.0850. The van der Waals surface area contributed by atoms with Gasteiger partial charge in [0.25, 0.3) is 5.91 Å². The van der Waals surface area contributed by atoms with Crippen molar-refractivity contribution < 1.29 is 19.1 Å². The monoisotopic (exact) mass is 345 g/mol. The quantitative estimate of drug-likeness (QED) is 0.801. The van der Waals surface area contributed by atoms with Gasteiger partial charge in [-0.25, -0.2) is 0 Å². The van der Waals surface area contributed by atoms with Crippen LogP contribution in [0.4, 0.5) is 0 Å². The molecule has 1 aliphatic carbocycles. The van der Waals surface area contributed by atoms with Crippen LogP contribution in [0.2, 0.25) is 0 Å². The van der Waals surface area contributed by atoms with Crippen LogP contribution in [-0.2, 0) is 14.3 Å². The predicted octanol–water partition coefficient (Wildman–Crippen LogP) is 0.562. The van der Waals surface area contributed by atoms with Crippen molar-refractivity contribution in [3.63, 3.8) is 0 Å². The van der Waals surface area contributed by atoms with Gasteiger partial charge in [0.15, 0.2) is 0 Å². The summed E-state index contributed by atoms with van der Waals surface area (Å²) in [4.78, 5) is 32.7. The van der Waals surface area contributed by atoms with Crippen molar-refractivity contribution in [2.45, 2.75) is 18.4 Å². The van der Waals surface area contributed by atoms with E-state index < -0.39 is 5.60 Å². The number of aromatic nitrogens is 1. The molecule has 3 heterocycles. The van der Waals surface area contributed by atoms with Crippen LogP contribution in [0.15, 0.2) is 24.5 Å². The van der Waals surface area contributed by atoms with Crippen molar-refractivity contribution in [1.29, 1.82) is 0 Å². The van der Waals surface area contributed by atoms with Crippen LogP contribution in [0, 0.1) is 5.92 Å². The highest BCUT2D eigenvalue weighted by Crippen LogP contribution is 2.32. The average Bonchev–Trinajstić information content (AvgIpc) is 3.46. The van der Waals surface area contributed by atoms with Gasteiger partial charge in [0.2, 0.25) is 5.91 Å². The first-order valence-electron chi connectivity index (χ1n) is 8.84. The van der Waals surface area contributed by atoms with Gasteiger partial charge in [0.1, 0.15) is 12.2 Å². The first-order valence-corrected chi connectivity index (χ1v) is 8.84. The number of amides is 2. The highest BCUT2D eigenvalue weighted by Gasteiger charge is 2.44. The topological polar surface area (TPSA) is 72.0 Å². The Morgan fingerprint density at radius 3 is 3.00 bits per heavy atom. The standard InChI is InChI=1S/C18H23N3O4/c22-16-10-25-18(12-21(16)9-14-3-4-14)11-20(6-7-24-13-18)17(23)15-2-1-5-19-8-15/h1-2,5,8,14H,3-4,6-7,9-13H2/t18-/m0/s1. The SMILES string of the molecule is O=C1CO[C@]2(COCCN(C(=O)c3cccnc3)C2)CN1CC1CC1. The van der Waals surface area contributed by atoms with E-state index in [0.29, 0.717) is 44.3 Å². The molecule has 1 spiro atoms. The maximum absolute atomic E-state index is 12.8. The van der Waals surface area contributed by atoms with Gasteiger partial charge >= 0.3 is 0 Å². The third-order valence-electron chi connectivity index (χ3n) is 5.05. The third-order valence-corrected chi connectivity index (χ3v) is 5.05. The van der Waals surface area contributed by atoms with Crippen molar-refractivity contribution in [3.05, 3.63) is 30.1 Å². The molecule has 0 bridgehead atoms. The molecule has 1 aromatic rings. The second-order valence-corrected chi connectivity index (χ2v) is 7.21. The highest BCUT2D eigenvalue weighted by molar-refractivity contribution is 5.94. The van der Waals surface area contributed by atoms with E-state index in [4.69, 9.17) is 9.47 Å². The van der Waals surface area contributed by atoms with E-state index in [1.165, 1.54) is 12.8 Å². The maximum Gasteiger partial charge on any atom is 0.255 e. The summed E-state index contributed by atoms with van der Waals surface area (Å²) >= 11 is 0. The molecule has 1 atom stereocenters. The van der Waals surface area contributed by atoms with Gasteiger partial charge in [-0.15, -0.1) is 0 Å². The zero-order valence-electron chi connectivity index (χ0n) is 14.2. The van der Waals surface area contributed by atoms with Gasteiger partial charge in [0.05, 0.1) is 31.9 Å². The number of rotatable bonds is 3. The molecule has 4 rings (SSSR count). The summed E-state index contributed by atoms with van der Waals surface area (Å²) in [7, 11) is 0. The van der Waals surface area contributed by atoms with Crippen molar-refractivity contribution in [2.24, 2.45) is 5.92 Å². The summed E-state index contributed by atoms with van der Waals surface area (Å²) in [6.45, 7) is 3.14. The molecule has 134 valence electrons. The Morgan fingerprint density at radius 2 is 2.24 bits per heavy atom. The number of hydrogen-bond donors (Lipinski definition) is 0. The molecule has 2 saturated heterocycles. The molecule has 2 aliphatic heterocycles. The smallest absolute Gasteiger partial charge is 0.255 e. The number of pyridine rings is 1. The Bertz CT molecular complexity index is 649. The molecular formula is C18H23N3O4. The van der Waals surface area contributed by atoms with Crippen molar-refractivity contribution >= 4 is 11.8 Å². The Labute approximate surface area is 146 Å². The van der Waals surface area contributed by atoms with Crippen LogP contribution < -0.4 is 0 Å². The van der Waals surface area contributed by atoms with Gasteiger partial charge in [-0.05, 0) is 30.9 Å². The molecular weight excluding hydrogens is 322 g/mol. The number of morpholine rings is 1. The van der Waals surface area contributed by atoms with E-state index in [1.807, 2.05) is 4.90 Å². The van der Waals surface area contributed by atoms with Crippen LogP contribution in [-0.4, -0.2) is 78.2 Å². The van der Waals surface area contributed by atoms with E-state index in [9.17, 15) is 9.59 Å². The van der Waals surface area contributed by atoms with E-state index >= 15 is 0 Å². The lowest BCUT2D eigenvalue weighted by atomic mass is 10.0. The van der Waals surface area contributed by atoms with Gasteiger partial charge in [-0.1, -0.05) is 0 Å². The zero-order valence-corrected chi connectivity index (χ0v) is 14.2. The lowest BCUT2D eigenvalue weighted by molar-refractivity contribution is -0.172. The Morgan fingerprint density at radius 1 is 1.36 bits per heavy atom. The fraction of sp³-hybridized carbons (Fsp3) is 0.611. The molecule has 3 fully saturated rings. The van der Waals surface area contributed by atoms with E-state index in [1.54, 1.807) is 29.4 Å². The summed E-state index contributed by atoms with van der Waals surface area (Å²) in [6, 6.07) is 3.52. The predicted molar refractivity (Wildman–Crippen MR) is 88.9 cm³/mol. The molecule has 2 amide bonds. The molecule has 3 aliphatic rings. The van der Waals surface area contributed by atoms with Gasteiger partial charge in [-0.2, -0.15) is 0 Å². The van der Waals surface area contributed by atoms with Crippen LogP contribution in [0.5, 0.6) is 0 Å². The Kier molecular flexibility index (Phi) is 4.43. The largest absolute Gasteiger partial charge is 0.376 e. The first-order chi connectivity index (χ1) is 12.2.